The van der Waals surface area contributed by atoms with Gasteiger partial charge >= 0.3 is 0 Å². The van der Waals surface area contributed by atoms with Crippen LogP contribution in [0.5, 0.6) is 5.75 Å². The van der Waals surface area contributed by atoms with E-state index in [4.69, 9.17) is 4.74 Å². The van der Waals surface area contributed by atoms with Gasteiger partial charge in [0, 0.05) is 25.7 Å². The molecule has 0 radical (unpaired) electrons. The summed E-state index contributed by atoms with van der Waals surface area (Å²) in [5, 5.41) is 9.25. The van der Waals surface area contributed by atoms with Crippen molar-refractivity contribution in [3.8, 4) is 11.8 Å². The van der Waals surface area contributed by atoms with Crippen LogP contribution in [0.25, 0.3) is 0 Å². The normalized spacial score (nSPS) is 10.3. The van der Waals surface area contributed by atoms with Crippen LogP contribution in [0.3, 0.4) is 0 Å². The van der Waals surface area contributed by atoms with Gasteiger partial charge in [-0.25, -0.2) is 0 Å². The average molecular weight is 261 g/mol. The molecule has 0 bridgehead atoms. The second kappa shape index (κ2) is 7.65. The van der Waals surface area contributed by atoms with Crippen molar-refractivity contribution >= 4 is 5.69 Å². The molecule has 4 heteroatoms. The molecule has 104 valence electrons. The molecule has 0 heterocycles. The molecule has 19 heavy (non-hydrogen) atoms. The van der Waals surface area contributed by atoms with Crippen molar-refractivity contribution in [2.75, 3.05) is 45.7 Å². The first-order chi connectivity index (χ1) is 9.12. The molecule has 0 amide bonds. The topological polar surface area (TPSA) is 39.5 Å². The molecule has 0 atom stereocenters. The second-order valence-electron chi connectivity index (χ2n) is 4.79. The third-order valence-electron chi connectivity index (χ3n) is 2.98. The number of anilines is 1. The number of benzene rings is 1. The van der Waals surface area contributed by atoms with E-state index in [-0.39, 0.29) is 0 Å². The summed E-state index contributed by atoms with van der Waals surface area (Å²) in [7, 11) is 5.76. The highest BCUT2D eigenvalue weighted by molar-refractivity contribution is 5.62. The molecule has 0 unspecified atom stereocenters. The van der Waals surface area contributed by atoms with Gasteiger partial charge in [-0.3, -0.25) is 0 Å². The van der Waals surface area contributed by atoms with Crippen molar-refractivity contribution in [3.05, 3.63) is 23.8 Å². The Hall–Kier alpha value is -1.73. The summed E-state index contributed by atoms with van der Waals surface area (Å²) in [6.45, 7) is 4.95. The van der Waals surface area contributed by atoms with E-state index in [1.807, 2.05) is 18.2 Å². The molecule has 0 aliphatic heterocycles. The lowest BCUT2D eigenvalue weighted by molar-refractivity contribution is 0.410. The van der Waals surface area contributed by atoms with Gasteiger partial charge in [0.25, 0.3) is 0 Å². The van der Waals surface area contributed by atoms with Gasteiger partial charge < -0.3 is 14.5 Å². The Morgan fingerprint density at radius 3 is 2.47 bits per heavy atom. The van der Waals surface area contributed by atoms with E-state index in [2.05, 4.69) is 36.9 Å². The Morgan fingerprint density at radius 1 is 1.21 bits per heavy atom. The van der Waals surface area contributed by atoms with Gasteiger partial charge in [0.05, 0.1) is 18.4 Å². The lowest BCUT2D eigenvalue weighted by atomic mass is 10.1. The summed E-state index contributed by atoms with van der Waals surface area (Å²) in [4.78, 5) is 4.40. The van der Waals surface area contributed by atoms with Gasteiger partial charge in [-0.2, -0.15) is 5.26 Å². The minimum absolute atomic E-state index is 0.702. The van der Waals surface area contributed by atoms with Crippen molar-refractivity contribution in [2.45, 2.75) is 13.3 Å². The van der Waals surface area contributed by atoms with Crippen LogP contribution in [0, 0.1) is 11.3 Å². The minimum atomic E-state index is 0.702. The zero-order valence-electron chi connectivity index (χ0n) is 12.3. The summed E-state index contributed by atoms with van der Waals surface area (Å²) in [6.07, 6.45) is 1.05. The third-order valence-corrected chi connectivity index (χ3v) is 2.98. The van der Waals surface area contributed by atoms with E-state index in [9.17, 15) is 5.26 Å². The van der Waals surface area contributed by atoms with Crippen LogP contribution >= 0.6 is 0 Å². The molecule has 0 N–H and O–H groups in total. The third kappa shape index (κ3) is 4.46. The zero-order valence-corrected chi connectivity index (χ0v) is 12.3. The number of likely N-dealkylation sites (N-methyl/N-ethyl adjacent to an activating group) is 1. The summed E-state index contributed by atoms with van der Waals surface area (Å²) in [5.41, 5.74) is 1.67. The Kier molecular flexibility index (Phi) is 6.17. The van der Waals surface area contributed by atoms with Crippen LogP contribution in [0.2, 0.25) is 0 Å². The molecule has 1 aromatic rings. The summed E-state index contributed by atoms with van der Waals surface area (Å²) >= 11 is 0. The molecule has 0 aliphatic rings. The van der Waals surface area contributed by atoms with Crippen molar-refractivity contribution in [2.24, 2.45) is 0 Å². The Labute approximate surface area is 116 Å². The highest BCUT2D eigenvalue weighted by atomic mass is 16.5. The van der Waals surface area contributed by atoms with Gasteiger partial charge in [-0.05, 0) is 32.6 Å². The number of rotatable bonds is 7. The molecule has 0 fully saturated rings. The maximum atomic E-state index is 9.25. The van der Waals surface area contributed by atoms with Crippen molar-refractivity contribution in [1.82, 2.24) is 4.90 Å². The fraction of sp³-hybridized carbons (Fsp3) is 0.533. The SMILES string of the molecule is CCCN(CCN(C)C)c1cc(OC)ccc1C#N. The summed E-state index contributed by atoms with van der Waals surface area (Å²) in [6, 6.07) is 7.87. The van der Waals surface area contributed by atoms with Gasteiger partial charge in [-0.15, -0.1) is 0 Å². The van der Waals surface area contributed by atoms with Crippen LogP contribution in [0.4, 0.5) is 5.69 Å². The van der Waals surface area contributed by atoms with Crippen LogP contribution in [-0.2, 0) is 0 Å². The van der Waals surface area contributed by atoms with Crippen LogP contribution in [0.1, 0.15) is 18.9 Å². The highest BCUT2D eigenvalue weighted by Crippen LogP contribution is 2.25. The number of methoxy groups -OCH3 is 1. The van der Waals surface area contributed by atoms with Crippen LogP contribution in [-0.4, -0.2) is 45.7 Å². The number of hydrogen-bond acceptors (Lipinski definition) is 4. The van der Waals surface area contributed by atoms with Crippen molar-refractivity contribution < 1.29 is 4.74 Å². The lowest BCUT2D eigenvalue weighted by Gasteiger charge is -2.27. The smallest absolute Gasteiger partial charge is 0.121 e. The molecular formula is C15H23N3O. The molecule has 0 aliphatic carbocycles. The fourth-order valence-electron chi connectivity index (χ4n) is 1.94. The number of nitrogens with zero attached hydrogens (tertiary/aromatic N) is 3. The Bertz CT molecular complexity index is 438. The Morgan fingerprint density at radius 2 is 1.95 bits per heavy atom. The summed E-state index contributed by atoms with van der Waals surface area (Å²) in [5.74, 6) is 0.792. The number of ether oxygens (including phenoxy) is 1. The molecule has 1 rings (SSSR count). The maximum Gasteiger partial charge on any atom is 0.121 e. The average Bonchev–Trinajstić information content (AvgIpc) is 2.42. The molecule has 4 nitrogen and oxygen atoms in total. The van der Waals surface area contributed by atoms with Crippen LogP contribution in [0.15, 0.2) is 18.2 Å². The first kappa shape index (κ1) is 15.3. The van der Waals surface area contributed by atoms with E-state index in [0.717, 1.165) is 37.5 Å². The molecular weight excluding hydrogens is 238 g/mol. The largest absolute Gasteiger partial charge is 0.497 e. The van der Waals surface area contributed by atoms with Gasteiger partial charge in [-0.1, -0.05) is 6.92 Å². The van der Waals surface area contributed by atoms with Crippen molar-refractivity contribution in [3.63, 3.8) is 0 Å². The quantitative estimate of drug-likeness (QED) is 0.755. The molecule has 1 aromatic carbocycles. The van der Waals surface area contributed by atoms with E-state index in [1.54, 1.807) is 7.11 Å². The first-order valence-electron chi connectivity index (χ1n) is 6.60. The second-order valence-corrected chi connectivity index (χ2v) is 4.79. The molecule has 0 saturated carbocycles. The number of nitriles is 1. The number of hydrogen-bond donors (Lipinski definition) is 0. The summed E-state index contributed by atoms with van der Waals surface area (Å²) < 4.78 is 5.26. The molecule has 0 saturated heterocycles. The predicted octanol–water partition coefficient (Wildman–Crippen LogP) is 2.34. The molecule has 0 spiro atoms. The lowest BCUT2D eigenvalue weighted by Crippen LogP contribution is -2.32. The first-order valence-corrected chi connectivity index (χ1v) is 6.60. The van der Waals surface area contributed by atoms with Crippen LogP contribution < -0.4 is 9.64 Å². The maximum absolute atomic E-state index is 9.25. The standard InChI is InChI=1S/C15H23N3O/c1-5-8-18(10-9-17(2)3)15-11-14(19-4)7-6-13(15)12-16/h6-7,11H,5,8-10H2,1-4H3. The van der Waals surface area contributed by atoms with E-state index in [1.165, 1.54) is 0 Å². The minimum Gasteiger partial charge on any atom is -0.497 e. The predicted molar refractivity (Wildman–Crippen MR) is 78.8 cm³/mol. The van der Waals surface area contributed by atoms with E-state index >= 15 is 0 Å². The van der Waals surface area contributed by atoms with Gasteiger partial charge in [0.1, 0.15) is 11.8 Å². The highest BCUT2D eigenvalue weighted by Gasteiger charge is 2.12. The van der Waals surface area contributed by atoms with Crippen molar-refractivity contribution in [1.29, 1.82) is 5.26 Å². The fourth-order valence-corrected chi connectivity index (χ4v) is 1.94. The van der Waals surface area contributed by atoms with Gasteiger partial charge in [0.15, 0.2) is 0 Å². The van der Waals surface area contributed by atoms with Gasteiger partial charge in [0.2, 0.25) is 0 Å². The Balaban J connectivity index is 3.02. The van der Waals surface area contributed by atoms with E-state index in [0.29, 0.717) is 5.56 Å². The van der Waals surface area contributed by atoms with E-state index < -0.39 is 0 Å². The zero-order chi connectivity index (χ0) is 14.3. The molecule has 0 aromatic heterocycles. The monoisotopic (exact) mass is 261 g/mol.